The predicted molar refractivity (Wildman–Crippen MR) is 99.3 cm³/mol. The molecule has 3 rings (SSSR count). The number of hydrogen-bond acceptors (Lipinski definition) is 5. The van der Waals surface area contributed by atoms with Crippen molar-refractivity contribution in [3.05, 3.63) is 47.6 Å². The van der Waals surface area contributed by atoms with E-state index >= 15 is 0 Å². The highest BCUT2D eigenvalue weighted by atomic mass is 16.5. The lowest BCUT2D eigenvalue weighted by Crippen LogP contribution is -2.30. The van der Waals surface area contributed by atoms with Gasteiger partial charge in [0.05, 0.1) is 6.54 Å². The molecule has 1 N–H and O–H groups in total. The van der Waals surface area contributed by atoms with Gasteiger partial charge in [-0.25, -0.2) is 0 Å². The number of rotatable bonds is 7. The van der Waals surface area contributed by atoms with Crippen LogP contribution in [0.2, 0.25) is 0 Å². The molecule has 0 saturated carbocycles. The summed E-state index contributed by atoms with van der Waals surface area (Å²) in [5.74, 6) is 1.36. The average molecular weight is 356 g/mol. The third kappa shape index (κ3) is 4.91. The molecular formula is C20H28N4O2. The van der Waals surface area contributed by atoms with Crippen LogP contribution in [-0.4, -0.2) is 34.0 Å². The number of benzene rings is 1. The van der Waals surface area contributed by atoms with Crippen LogP contribution in [-0.2, 0) is 17.8 Å². The Morgan fingerprint density at radius 1 is 1.27 bits per heavy atom. The first-order chi connectivity index (χ1) is 12.4. The zero-order valence-corrected chi connectivity index (χ0v) is 15.9. The van der Waals surface area contributed by atoms with Crippen LogP contribution in [0.1, 0.15) is 56.9 Å². The van der Waals surface area contributed by atoms with E-state index in [1.807, 2.05) is 23.1 Å². The Kier molecular flexibility index (Phi) is 5.71. The molecule has 0 bridgehead atoms. The molecule has 1 atom stereocenters. The Morgan fingerprint density at radius 2 is 2.04 bits per heavy atom. The summed E-state index contributed by atoms with van der Waals surface area (Å²) >= 11 is 0. The van der Waals surface area contributed by atoms with E-state index in [4.69, 9.17) is 4.52 Å². The Morgan fingerprint density at radius 3 is 2.77 bits per heavy atom. The lowest BCUT2D eigenvalue weighted by Gasteiger charge is -2.22. The van der Waals surface area contributed by atoms with Gasteiger partial charge in [0.2, 0.25) is 11.8 Å². The Bertz CT molecular complexity index is 721. The Balaban J connectivity index is 1.59. The number of carbonyl (C=O) groups excluding carboxylic acids is 1. The molecule has 0 aliphatic carbocycles. The molecule has 1 aromatic carbocycles. The van der Waals surface area contributed by atoms with E-state index in [0.29, 0.717) is 31.2 Å². The lowest BCUT2D eigenvalue weighted by molar-refractivity contribution is -0.129. The van der Waals surface area contributed by atoms with Crippen LogP contribution in [0.4, 0.5) is 0 Å². The molecule has 1 aliphatic rings. The van der Waals surface area contributed by atoms with Crippen LogP contribution < -0.4 is 5.32 Å². The normalized spacial score (nSPS) is 17.9. The number of hydrogen-bond donors (Lipinski definition) is 1. The summed E-state index contributed by atoms with van der Waals surface area (Å²) in [4.78, 5) is 18.7. The number of likely N-dealkylation sites (tertiary alicyclic amines) is 1. The summed E-state index contributed by atoms with van der Waals surface area (Å²) in [6.45, 7) is 8.66. The zero-order chi connectivity index (χ0) is 18.6. The van der Waals surface area contributed by atoms with E-state index in [0.717, 1.165) is 19.4 Å². The largest absolute Gasteiger partial charge is 0.337 e. The second-order valence-electron chi connectivity index (χ2n) is 8.09. The third-order valence-corrected chi connectivity index (χ3v) is 4.52. The maximum Gasteiger partial charge on any atom is 0.249 e. The van der Waals surface area contributed by atoms with Crippen molar-refractivity contribution in [3.63, 3.8) is 0 Å². The van der Waals surface area contributed by atoms with E-state index in [2.05, 4.69) is 48.4 Å². The highest BCUT2D eigenvalue weighted by Gasteiger charge is 2.35. The third-order valence-electron chi connectivity index (χ3n) is 4.52. The zero-order valence-electron chi connectivity index (χ0n) is 15.9. The summed E-state index contributed by atoms with van der Waals surface area (Å²) < 4.78 is 5.47. The molecule has 140 valence electrons. The van der Waals surface area contributed by atoms with Crippen molar-refractivity contribution in [1.82, 2.24) is 20.4 Å². The first-order valence-electron chi connectivity index (χ1n) is 9.29. The van der Waals surface area contributed by atoms with E-state index in [1.165, 1.54) is 5.56 Å². The van der Waals surface area contributed by atoms with Crippen molar-refractivity contribution in [2.24, 2.45) is 5.41 Å². The van der Waals surface area contributed by atoms with Crippen molar-refractivity contribution in [1.29, 1.82) is 0 Å². The van der Waals surface area contributed by atoms with Crippen LogP contribution in [0.25, 0.3) is 0 Å². The summed E-state index contributed by atoms with van der Waals surface area (Å²) in [5.41, 5.74) is 1.43. The van der Waals surface area contributed by atoms with Crippen molar-refractivity contribution in [3.8, 4) is 0 Å². The van der Waals surface area contributed by atoms with Gasteiger partial charge in [0.1, 0.15) is 6.04 Å². The molecule has 1 fully saturated rings. The number of nitrogens with zero attached hydrogens (tertiary/aromatic N) is 3. The number of carbonyl (C=O) groups is 1. The monoisotopic (exact) mass is 356 g/mol. The van der Waals surface area contributed by atoms with Crippen LogP contribution in [0, 0.1) is 5.41 Å². The number of nitrogens with one attached hydrogen (secondary N) is 1. The Labute approximate surface area is 155 Å². The fraction of sp³-hybridized carbons (Fsp3) is 0.550. The summed E-state index contributed by atoms with van der Waals surface area (Å²) in [5, 5.41) is 7.42. The molecule has 2 heterocycles. The van der Waals surface area contributed by atoms with Crippen LogP contribution >= 0.6 is 0 Å². The van der Waals surface area contributed by atoms with Gasteiger partial charge in [-0.2, -0.15) is 4.98 Å². The average Bonchev–Trinajstić information content (AvgIpc) is 3.19. The van der Waals surface area contributed by atoms with Gasteiger partial charge < -0.3 is 14.7 Å². The lowest BCUT2D eigenvalue weighted by atomic mass is 9.97. The minimum absolute atomic E-state index is 0.102. The van der Waals surface area contributed by atoms with Crippen molar-refractivity contribution >= 4 is 5.91 Å². The predicted octanol–water partition coefficient (Wildman–Crippen LogP) is 3.11. The fourth-order valence-electron chi connectivity index (χ4n) is 3.19. The highest BCUT2D eigenvalue weighted by Crippen LogP contribution is 2.31. The summed E-state index contributed by atoms with van der Waals surface area (Å²) in [6, 6.07) is 10.1. The standard InChI is InChI=1S/C20H28N4O2/c1-20(2,3)14-21-13-17-22-19(26-23-17)16-9-10-18(25)24(16)12-11-15-7-5-4-6-8-15/h4-8,16,21H,9-14H2,1-3H3/t16-/m0/s1. The van der Waals surface area contributed by atoms with Gasteiger partial charge in [0.25, 0.3) is 0 Å². The molecule has 6 nitrogen and oxygen atoms in total. The molecule has 0 unspecified atom stereocenters. The topological polar surface area (TPSA) is 71.3 Å². The Hall–Kier alpha value is -2.21. The molecule has 0 spiro atoms. The van der Waals surface area contributed by atoms with Gasteiger partial charge in [0.15, 0.2) is 5.82 Å². The molecule has 1 amide bonds. The SMILES string of the molecule is CC(C)(C)CNCc1noc([C@@H]2CCC(=O)N2CCc2ccccc2)n1. The smallest absolute Gasteiger partial charge is 0.249 e. The van der Waals surface area contributed by atoms with E-state index in [-0.39, 0.29) is 17.4 Å². The second-order valence-corrected chi connectivity index (χ2v) is 8.09. The van der Waals surface area contributed by atoms with Gasteiger partial charge in [-0.05, 0) is 23.8 Å². The molecule has 1 aliphatic heterocycles. The highest BCUT2D eigenvalue weighted by molar-refractivity contribution is 5.78. The van der Waals surface area contributed by atoms with Crippen LogP contribution in [0.3, 0.4) is 0 Å². The molecule has 26 heavy (non-hydrogen) atoms. The molecule has 0 radical (unpaired) electrons. The van der Waals surface area contributed by atoms with Crippen LogP contribution in [0.5, 0.6) is 0 Å². The van der Waals surface area contributed by atoms with Gasteiger partial charge in [-0.15, -0.1) is 0 Å². The molecule has 1 aromatic heterocycles. The fourth-order valence-corrected chi connectivity index (χ4v) is 3.19. The van der Waals surface area contributed by atoms with E-state index in [9.17, 15) is 4.79 Å². The first kappa shape index (κ1) is 18.6. The number of aromatic nitrogens is 2. The van der Waals surface area contributed by atoms with Crippen LogP contribution in [0.15, 0.2) is 34.9 Å². The van der Waals surface area contributed by atoms with Crippen molar-refractivity contribution in [2.75, 3.05) is 13.1 Å². The molecular weight excluding hydrogens is 328 g/mol. The first-order valence-corrected chi connectivity index (χ1v) is 9.29. The summed E-state index contributed by atoms with van der Waals surface area (Å²) in [6.07, 6.45) is 2.11. The molecule has 2 aromatic rings. The maximum absolute atomic E-state index is 12.3. The molecule has 1 saturated heterocycles. The van der Waals surface area contributed by atoms with E-state index in [1.54, 1.807) is 0 Å². The van der Waals surface area contributed by atoms with Gasteiger partial charge in [-0.1, -0.05) is 56.3 Å². The maximum atomic E-state index is 12.3. The minimum atomic E-state index is -0.102. The minimum Gasteiger partial charge on any atom is -0.337 e. The van der Waals surface area contributed by atoms with E-state index < -0.39 is 0 Å². The van der Waals surface area contributed by atoms with Crippen molar-refractivity contribution in [2.45, 2.75) is 52.6 Å². The molecule has 6 heteroatoms. The van der Waals surface area contributed by atoms with Gasteiger partial charge in [-0.3, -0.25) is 4.79 Å². The summed E-state index contributed by atoms with van der Waals surface area (Å²) in [7, 11) is 0. The van der Waals surface area contributed by atoms with Gasteiger partial charge in [0, 0.05) is 19.5 Å². The second kappa shape index (κ2) is 7.99. The van der Waals surface area contributed by atoms with Crippen molar-refractivity contribution < 1.29 is 9.32 Å². The number of amides is 1. The van der Waals surface area contributed by atoms with Gasteiger partial charge >= 0.3 is 0 Å². The quantitative estimate of drug-likeness (QED) is 0.825.